The molecule has 0 saturated carbocycles. The Hall–Kier alpha value is -1.71. The van der Waals surface area contributed by atoms with E-state index in [1.807, 2.05) is 0 Å². The van der Waals surface area contributed by atoms with Crippen LogP contribution < -0.4 is 5.32 Å². The molecule has 0 bridgehead atoms. The van der Waals surface area contributed by atoms with E-state index in [1.54, 1.807) is 24.3 Å². The lowest BCUT2D eigenvalue weighted by Crippen LogP contribution is -2.04. The Morgan fingerprint density at radius 3 is 2.62 bits per heavy atom. The zero-order valence-corrected chi connectivity index (χ0v) is 7.19. The predicted octanol–water partition coefficient (Wildman–Crippen LogP) is 3.18. The standard InChI is InChI=1S/C7H5ClN4O/c8-5-1-3-6(4-2-5)10-7(13)11-12-9/h1-4H,(H,10,13). The Morgan fingerprint density at radius 2 is 2.08 bits per heavy atom. The second-order valence-electron chi connectivity index (χ2n) is 2.13. The lowest BCUT2D eigenvalue weighted by Gasteiger charge is -1.99. The maximum Gasteiger partial charge on any atom is 0.312 e. The molecule has 5 nitrogen and oxygen atoms in total. The van der Waals surface area contributed by atoms with E-state index in [9.17, 15) is 4.79 Å². The molecule has 0 heterocycles. The van der Waals surface area contributed by atoms with Crippen LogP contribution in [0.25, 0.3) is 10.4 Å². The summed E-state index contributed by atoms with van der Waals surface area (Å²) in [6.07, 6.45) is 0. The molecule has 13 heavy (non-hydrogen) atoms. The first kappa shape index (κ1) is 9.38. The van der Waals surface area contributed by atoms with Gasteiger partial charge >= 0.3 is 6.03 Å². The molecule has 2 amide bonds. The van der Waals surface area contributed by atoms with Crippen molar-refractivity contribution in [1.82, 2.24) is 0 Å². The van der Waals surface area contributed by atoms with E-state index in [0.29, 0.717) is 10.7 Å². The van der Waals surface area contributed by atoms with Crippen molar-refractivity contribution in [3.8, 4) is 0 Å². The maximum atomic E-state index is 10.7. The van der Waals surface area contributed by atoms with E-state index < -0.39 is 6.03 Å². The van der Waals surface area contributed by atoms with Crippen LogP contribution in [0.2, 0.25) is 5.02 Å². The first-order valence-corrected chi connectivity index (χ1v) is 3.72. The maximum absolute atomic E-state index is 10.7. The summed E-state index contributed by atoms with van der Waals surface area (Å²) in [5.41, 5.74) is 8.46. The number of rotatable bonds is 1. The predicted molar refractivity (Wildman–Crippen MR) is 49.6 cm³/mol. The van der Waals surface area contributed by atoms with Crippen LogP contribution in [0.15, 0.2) is 29.4 Å². The number of hydrogen-bond acceptors (Lipinski definition) is 1. The van der Waals surface area contributed by atoms with Gasteiger partial charge in [-0.3, -0.25) is 4.79 Å². The fourth-order valence-corrected chi connectivity index (χ4v) is 0.848. The molecule has 0 unspecified atom stereocenters. The van der Waals surface area contributed by atoms with Crippen LogP contribution in [0, 0.1) is 0 Å². The summed E-state index contributed by atoms with van der Waals surface area (Å²) >= 11 is 5.61. The van der Waals surface area contributed by atoms with Crippen molar-refractivity contribution < 1.29 is 4.79 Å². The number of carbonyl (C=O) groups is 1. The number of urea groups is 1. The van der Waals surface area contributed by atoms with Crippen LogP contribution in [0.1, 0.15) is 0 Å². The molecule has 1 aromatic rings. The molecule has 1 N–H and O–H groups in total. The van der Waals surface area contributed by atoms with Crippen molar-refractivity contribution in [3.63, 3.8) is 0 Å². The molecule has 0 spiro atoms. The number of hydrogen-bond donors (Lipinski definition) is 1. The summed E-state index contributed by atoms with van der Waals surface area (Å²) in [6.45, 7) is 0. The topological polar surface area (TPSA) is 77.9 Å². The molecule has 6 heteroatoms. The number of benzene rings is 1. The molecule has 66 valence electrons. The SMILES string of the molecule is [N-]=[N+]=NC(=O)Nc1ccc(Cl)cc1. The minimum atomic E-state index is -0.746. The minimum Gasteiger partial charge on any atom is -0.321 e. The third kappa shape index (κ3) is 3.02. The van der Waals surface area contributed by atoms with Crippen LogP contribution in [0.5, 0.6) is 0 Å². The average Bonchev–Trinajstić information content (AvgIpc) is 2.09. The molecule has 0 aliphatic heterocycles. The second kappa shape index (κ2) is 4.35. The Balaban J connectivity index is 2.69. The van der Waals surface area contributed by atoms with Crippen LogP contribution in [-0.2, 0) is 0 Å². The number of halogens is 1. The quantitative estimate of drug-likeness (QED) is 0.418. The zero-order valence-electron chi connectivity index (χ0n) is 6.44. The van der Waals surface area contributed by atoms with Crippen LogP contribution in [0.4, 0.5) is 10.5 Å². The molecular formula is C7H5ClN4O. The molecule has 0 fully saturated rings. The van der Waals surface area contributed by atoms with Gasteiger partial charge in [-0.15, -0.1) is 0 Å². The molecule has 0 atom stereocenters. The summed E-state index contributed by atoms with van der Waals surface area (Å²) in [7, 11) is 0. The lowest BCUT2D eigenvalue weighted by atomic mass is 10.3. The summed E-state index contributed by atoms with van der Waals surface area (Å²) < 4.78 is 0. The lowest BCUT2D eigenvalue weighted by molar-refractivity contribution is 0.259. The summed E-state index contributed by atoms with van der Waals surface area (Å²) in [4.78, 5) is 13.1. The van der Waals surface area contributed by atoms with Gasteiger partial charge in [-0.05, 0) is 29.8 Å². The highest BCUT2D eigenvalue weighted by molar-refractivity contribution is 6.30. The van der Waals surface area contributed by atoms with E-state index >= 15 is 0 Å². The summed E-state index contributed by atoms with van der Waals surface area (Å²) in [5, 5.41) is 5.76. The summed E-state index contributed by atoms with van der Waals surface area (Å²) in [6, 6.07) is 5.70. The molecule has 0 aliphatic rings. The van der Waals surface area contributed by atoms with Crippen molar-refractivity contribution in [2.24, 2.45) is 5.11 Å². The molecule has 0 aromatic heterocycles. The van der Waals surface area contributed by atoms with Gasteiger partial charge in [0.2, 0.25) is 0 Å². The molecule has 0 aliphatic carbocycles. The van der Waals surface area contributed by atoms with E-state index in [1.165, 1.54) is 0 Å². The van der Waals surface area contributed by atoms with Gasteiger partial charge in [-0.1, -0.05) is 11.6 Å². The van der Waals surface area contributed by atoms with E-state index in [2.05, 4.69) is 15.3 Å². The van der Waals surface area contributed by atoms with Gasteiger partial charge in [0, 0.05) is 20.7 Å². The number of nitrogens with zero attached hydrogens (tertiary/aromatic N) is 3. The van der Waals surface area contributed by atoms with Gasteiger partial charge in [0.1, 0.15) is 0 Å². The van der Waals surface area contributed by atoms with Crippen molar-refractivity contribution in [3.05, 3.63) is 39.7 Å². The zero-order chi connectivity index (χ0) is 9.68. The molecule has 1 aromatic carbocycles. The van der Waals surface area contributed by atoms with Crippen LogP contribution in [-0.4, -0.2) is 6.03 Å². The third-order valence-electron chi connectivity index (χ3n) is 1.23. The molecular weight excluding hydrogens is 192 g/mol. The first-order chi connectivity index (χ1) is 6.22. The monoisotopic (exact) mass is 196 g/mol. The van der Waals surface area contributed by atoms with Crippen LogP contribution >= 0.6 is 11.6 Å². The van der Waals surface area contributed by atoms with Crippen molar-refractivity contribution in [2.75, 3.05) is 5.32 Å². The highest BCUT2D eigenvalue weighted by Crippen LogP contribution is 2.13. The Bertz CT molecular complexity index is 355. The van der Waals surface area contributed by atoms with Crippen molar-refractivity contribution >= 4 is 23.3 Å². The third-order valence-corrected chi connectivity index (χ3v) is 1.48. The van der Waals surface area contributed by atoms with Crippen molar-refractivity contribution in [2.45, 2.75) is 0 Å². The largest absolute Gasteiger partial charge is 0.321 e. The fourth-order valence-electron chi connectivity index (χ4n) is 0.722. The Kier molecular flexibility index (Phi) is 3.14. The van der Waals surface area contributed by atoms with Crippen LogP contribution in [0.3, 0.4) is 0 Å². The van der Waals surface area contributed by atoms with Gasteiger partial charge in [0.15, 0.2) is 0 Å². The minimum absolute atomic E-state index is 0.529. The molecule has 1 rings (SSSR count). The normalized spacial score (nSPS) is 8.69. The first-order valence-electron chi connectivity index (χ1n) is 3.34. The van der Waals surface area contributed by atoms with Gasteiger partial charge in [0.05, 0.1) is 0 Å². The molecule has 0 radical (unpaired) electrons. The van der Waals surface area contributed by atoms with E-state index in [-0.39, 0.29) is 0 Å². The number of nitrogens with one attached hydrogen (secondary N) is 1. The van der Waals surface area contributed by atoms with E-state index in [0.717, 1.165) is 0 Å². The van der Waals surface area contributed by atoms with Gasteiger partial charge in [0.25, 0.3) is 0 Å². The highest BCUT2D eigenvalue weighted by atomic mass is 35.5. The van der Waals surface area contributed by atoms with Crippen molar-refractivity contribution in [1.29, 1.82) is 0 Å². The fraction of sp³-hybridized carbons (Fsp3) is 0. The number of anilines is 1. The smallest absolute Gasteiger partial charge is 0.312 e. The van der Waals surface area contributed by atoms with Gasteiger partial charge in [-0.25, -0.2) is 0 Å². The second-order valence-corrected chi connectivity index (χ2v) is 2.56. The van der Waals surface area contributed by atoms with E-state index in [4.69, 9.17) is 17.1 Å². The van der Waals surface area contributed by atoms with Gasteiger partial charge < -0.3 is 5.32 Å². The average molecular weight is 197 g/mol. The number of carbonyl (C=O) groups excluding carboxylic acids is 1. The van der Waals surface area contributed by atoms with Gasteiger partial charge in [-0.2, -0.15) is 0 Å². The number of azide groups is 1. The Morgan fingerprint density at radius 1 is 1.46 bits per heavy atom. The number of amides is 2. The summed E-state index contributed by atoms with van der Waals surface area (Å²) in [5.74, 6) is 0. The highest BCUT2D eigenvalue weighted by Gasteiger charge is 1.97. The molecule has 0 saturated heterocycles. The Labute approximate surface area is 78.9 Å².